The number of rotatable bonds is 4. The average Bonchev–Trinajstić information content (AvgIpc) is 2.83. The van der Waals surface area contributed by atoms with E-state index in [1.54, 1.807) is 0 Å². The summed E-state index contributed by atoms with van der Waals surface area (Å²) < 4.78 is 2.38. The van der Waals surface area contributed by atoms with Crippen molar-refractivity contribution in [3.8, 4) is 0 Å². The fourth-order valence-corrected chi connectivity index (χ4v) is 2.87. The first kappa shape index (κ1) is 10.3. The van der Waals surface area contributed by atoms with Crippen molar-refractivity contribution in [3.05, 3.63) is 18.2 Å². The van der Waals surface area contributed by atoms with Crippen molar-refractivity contribution in [1.82, 2.24) is 14.9 Å². The lowest BCUT2D eigenvalue weighted by Crippen LogP contribution is -2.16. The van der Waals surface area contributed by atoms with Gasteiger partial charge in [-0.15, -0.1) is 0 Å². The average molecular weight is 219 g/mol. The van der Waals surface area contributed by atoms with E-state index >= 15 is 0 Å². The van der Waals surface area contributed by atoms with Crippen LogP contribution in [0.2, 0.25) is 0 Å². The van der Waals surface area contributed by atoms with Crippen LogP contribution in [0.5, 0.6) is 0 Å². The predicted molar refractivity (Wildman–Crippen MR) is 64.4 cm³/mol. The van der Waals surface area contributed by atoms with Crippen LogP contribution >= 0.6 is 0 Å². The van der Waals surface area contributed by atoms with Gasteiger partial charge in [-0.05, 0) is 25.3 Å². The Balaban J connectivity index is 1.62. The standard InChI is InChI=1S/C13H21N3/c1-2-11(3-1)5-7-16-10-15-9-13(16)12-4-6-14-8-12/h9-12,14H,1-8H2. The molecule has 1 aromatic heterocycles. The minimum Gasteiger partial charge on any atom is -0.334 e. The lowest BCUT2D eigenvalue weighted by atomic mass is 9.83. The van der Waals surface area contributed by atoms with Crippen LogP contribution in [0.15, 0.2) is 12.5 Å². The van der Waals surface area contributed by atoms with Gasteiger partial charge in [0.15, 0.2) is 0 Å². The van der Waals surface area contributed by atoms with E-state index in [4.69, 9.17) is 0 Å². The summed E-state index contributed by atoms with van der Waals surface area (Å²) in [5, 5.41) is 3.43. The van der Waals surface area contributed by atoms with Crippen LogP contribution in [-0.2, 0) is 6.54 Å². The second kappa shape index (κ2) is 4.58. The molecule has 3 nitrogen and oxygen atoms in total. The number of aryl methyl sites for hydroxylation is 1. The molecule has 2 heterocycles. The maximum atomic E-state index is 4.32. The van der Waals surface area contributed by atoms with E-state index in [1.165, 1.54) is 50.9 Å². The van der Waals surface area contributed by atoms with E-state index in [0.717, 1.165) is 12.5 Å². The Morgan fingerprint density at radius 1 is 1.38 bits per heavy atom. The van der Waals surface area contributed by atoms with Gasteiger partial charge in [-0.1, -0.05) is 19.3 Å². The number of imidazole rings is 1. The Morgan fingerprint density at radius 2 is 2.31 bits per heavy atom. The first-order valence-electron chi connectivity index (χ1n) is 6.64. The molecule has 3 heteroatoms. The first-order chi connectivity index (χ1) is 7.93. The van der Waals surface area contributed by atoms with Crippen LogP contribution in [0, 0.1) is 5.92 Å². The molecule has 0 spiro atoms. The van der Waals surface area contributed by atoms with E-state index < -0.39 is 0 Å². The number of hydrogen-bond donors (Lipinski definition) is 1. The van der Waals surface area contributed by atoms with Crippen molar-refractivity contribution in [2.24, 2.45) is 5.92 Å². The Labute approximate surface area is 97.3 Å². The molecule has 1 atom stereocenters. The largest absolute Gasteiger partial charge is 0.334 e. The van der Waals surface area contributed by atoms with Gasteiger partial charge in [-0.25, -0.2) is 4.98 Å². The van der Waals surface area contributed by atoms with Crippen molar-refractivity contribution >= 4 is 0 Å². The van der Waals surface area contributed by atoms with Crippen LogP contribution in [-0.4, -0.2) is 22.6 Å². The van der Waals surface area contributed by atoms with Crippen molar-refractivity contribution in [2.45, 2.75) is 44.6 Å². The molecule has 1 aromatic rings. The van der Waals surface area contributed by atoms with Gasteiger partial charge in [0.1, 0.15) is 0 Å². The highest BCUT2D eigenvalue weighted by Gasteiger charge is 2.21. The molecule has 0 bridgehead atoms. The molecule has 3 rings (SSSR count). The van der Waals surface area contributed by atoms with Gasteiger partial charge in [0, 0.05) is 30.9 Å². The maximum absolute atomic E-state index is 4.32. The zero-order valence-corrected chi connectivity index (χ0v) is 9.86. The van der Waals surface area contributed by atoms with Crippen LogP contribution in [0.4, 0.5) is 0 Å². The summed E-state index contributed by atoms with van der Waals surface area (Å²) in [6.45, 7) is 3.48. The molecule has 88 valence electrons. The highest BCUT2D eigenvalue weighted by molar-refractivity contribution is 5.09. The summed E-state index contributed by atoms with van der Waals surface area (Å²) in [5.41, 5.74) is 1.45. The SMILES string of the molecule is c1ncn(CCC2CCC2)c1C1CCNC1. The normalized spacial score (nSPS) is 25.9. The topological polar surface area (TPSA) is 29.9 Å². The van der Waals surface area contributed by atoms with Crippen molar-refractivity contribution in [3.63, 3.8) is 0 Å². The first-order valence-corrected chi connectivity index (χ1v) is 6.64. The smallest absolute Gasteiger partial charge is 0.0948 e. The lowest BCUT2D eigenvalue weighted by Gasteiger charge is -2.25. The van der Waals surface area contributed by atoms with E-state index in [-0.39, 0.29) is 0 Å². The van der Waals surface area contributed by atoms with Crippen LogP contribution in [0.25, 0.3) is 0 Å². The van der Waals surface area contributed by atoms with Gasteiger partial charge < -0.3 is 9.88 Å². The van der Waals surface area contributed by atoms with Gasteiger partial charge in [0.25, 0.3) is 0 Å². The molecule has 1 aliphatic carbocycles. The minimum atomic E-state index is 0.698. The second-order valence-corrected chi connectivity index (χ2v) is 5.29. The van der Waals surface area contributed by atoms with Crippen molar-refractivity contribution < 1.29 is 0 Å². The second-order valence-electron chi connectivity index (χ2n) is 5.29. The Bertz CT molecular complexity index is 335. The number of nitrogens with one attached hydrogen (secondary N) is 1. The Hall–Kier alpha value is -0.830. The van der Waals surface area contributed by atoms with Crippen molar-refractivity contribution in [2.75, 3.05) is 13.1 Å². The van der Waals surface area contributed by atoms with E-state index in [1.807, 2.05) is 6.33 Å². The van der Waals surface area contributed by atoms with Crippen LogP contribution in [0.3, 0.4) is 0 Å². The monoisotopic (exact) mass is 219 g/mol. The maximum Gasteiger partial charge on any atom is 0.0948 e. The van der Waals surface area contributed by atoms with Gasteiger partial charge >= 0.3 is 0 Å². The number of nitrogens with zero attached hydrogens (tertiary/aromatic N) is 2. The van der Waals surface area contributed by atoms with Gasteiger partial charge in [0.2, 0.25) is 0 Å². The Kier molecular flexibility index (Phi) is 2.96. The molecule has 1 saturated heterocycles. The molecule has 1 unspecified atom stereocenters. The predicted octanol–water partition coefficient (Wildman–Crippen LogP) is 2.15. The minimum absolute atomic E-state index is 0.698. The van der Waals surface area contributed by atoms with E-state index in [9.17, 15) is 0 Å². The summed E-state index contributed by atoms with van der Waals surface area (Å²) in [4.78, 5) is 4.32. The molecule has 16 heavy (non-hydrogen) atoms. The molecule has 0 amide bonds. The van der Waals surface area contributed by atoms with Gasteiger partial charge in [-0.3, -0.25) is 0 Å². The highest BCUT2D eigenvalue weighted by Crippen LogP contribution is 2.30. The molecule has 1 N–H and O–H groups in total. The third-order valence-electron chi connectivity index (χ3n) is 4.23. The third-order valence-corrected chi connectivity index (χ3v) is 4.23. The highest BCUT2D eigenvalue weighted by atomic mass is 15.1. The zero-order chi connectivity index (χ0) is 10.8. The Morgan fingerprint density at radius 3 is 3.00 bits per heavy atom. The lowest BCUT2D eigenvalue weighted by molar-refractivity contribution is 0.280. The molecule has 0 aromatic carbocycles. The summed E-state index contributed by atoms with van der Waals surface area (Å²) in [6.07, 6.45) is 11.1. The fourth-order valence-electron chi connectivity index (χ4n) is 2.87. The van der Waals surface area contributed by atoms with Gasteiger partial charge in [0.05, 0.1) is 6.33 Å². The van der Waals surface area contributed by atoms with Crippen molar-refractivity contribution in [1.29, 1.82) is 0 Å². The summed E-state index contributed by atoms with van der Waals surface area (Å²) in [5.74, 6) is 1.70. The molecule has 2 fully saturated rings. The van der Waals surface area contributed by atoms with E-state index in [2.05, 4.69) is 21.1 Å². The quantitative estimate of drug-likeness (QED) is 0.841. The molecule has 2 aliphatic rings. The number of aromatic nitrogens is 2. The molecular formula is C13H21N3. The van der Waals surface area contributed by atoms with E-state index in [0.29, 0.717) is 5.92 Å². The molecule has 0 radical (unpaired) electrons. The molecule has 1 aliphatic heterocycles. The molecular weight excluding hydrogens is 198 g/mol. The zero-order valence-electron chi connectivity index (χ0n) is 9.86. The summed E-state index contributed by atoms with van der Waals surface area (Å²) >= 11 is 0. The summed E-state index contributed by atoms with van der Waals surface area (Å²) in [6, 6.07) is 0. The fraction of sp³-hybridized carbons (Fsp3) is 0.769. The van der Waals surface area contributed by atoms with Crippen LogP contribution < -0.4 is 5.32 Å². The van der Waals surface area contributed by atoms with Crippen LogP contribution in [0.1, 0.15) is 43.7 Å². The third kappa shape index (κ3) is 2.01. The summed E-state index contributed by atoms with van der Waals surface area (Å²) in [7, 11) is 0. The number of hydrogen-bond acceptors (Lipinski definition) is 2. The molecule has 1 saturated carbocycles. The van der Waals surface area contributed by atoms with Gasteiger partial charge in [-0.2, -0.15) is 0 Å².